The molecular weight excluding hydrogens is 466 g/mol. The molecule has 1 aliphatic carbocycles. The molecule has 3 amide bonds. The largest absolute Gasteiger partial charge is 0.443 e. The first kappa shape index (κ1) is 28.6. The quantitative estimate of drug-likeness (QED) is 0.333. The molecular formula is C26H43N3O7. The molecule has 1 spiro atoms. The van der Waals surface area contributed by atoms with Crippen molar-refractivity contribution in [1.82, 2.24) is 15.1 Å². The van der Waals surface area contributed by atoms with Gasteiger partial charge in [0.2, 0.25) is 11.8 Å². The summed E-state index contributed by atoms with van der Waals surface area (Å²) in [4.78, 5) is 40.1. The Morgan fingerprint density at radius 3 is 2.47 bits per heavy atom. The first-order valence-electron chi connectivity index (χ1n) is 12.9. The maximum absolute atomic E-state index is 12.6. The van der Waals surface area contributed by atoms with Gasteiger partial charge in [-0.25, -0.2) is 4.79 Å². The third-order valence-electron chi connectivity index (χ3n) is 7.70. The van der Waals surface area contributed by atoms with Gasteiger partial charge in [0.15, 0.2) is 0 Å². The van der Waals surface area contributed by atoms with Crippen LogP contribution in [-0.4, -0.2) is 105 Å². The Labute approximate surface area is 214 Å². The van der Waals surface area contributed by atoms with E-state index < -0.39 is 29.8 Å². The summed E-state index contributed by atoms with van der Waals surface area (Å²) in [6.45, 7) is 9.70. The van der Waals surface area contributed by atoms with E-state index in [9.17, 15) is 14.4 Å². The number of hydrogen-bond donors (Lipinski definition) is 1. The fourth-order valence-electron chi connectivity index (χ4n) is 5.43. The van der Waals surface area contributed by atoms with Crippen molar-refractivity contribution in [2.75, 3.05) is 47.4 Å². The summed E-state index contributed by atoms with van der Waals surface area (Å²) >= 11 is 0. The number of hydrogen-bond acceptors (Lipinski definition) is 8. The van der Waals surface area contributed by atoms with Crippen molar-refractivity contribution in [2.45, 2.75) is 82.9 Å². The molecule has 10 nitrogen and oxygen atoms in total. The summed E-state index contributed by atoms with van der Waals surface area (Å²) < 4.78 is 23.7. The molecule has 0 aromatic rings. The van der Waals surface area contributed by atoms with E-state index >= 15 is 0 Å². The first-order chi connectivity index (χ1) is 17.0. The highest BCUT2D eigenvalue weighted by atomic mass is 16.6. The SMILES string of the molecule is CCC(=O)N(C)CCN(C)CC(=O)NC(=O)OC1CC[C@]2(CO2)C(C2(C)O[C@@H]2CC=C(C)C)C1OC. The molecule has 36 heavy (non-hydrogen) atoms. The zero-order valence-electron chi connectivity index (χ0n) is 22.8. The number of amides is 3. The second-order valence-electron chi connectivity index (χ2n) is 10.8. The molecule has 2 heterocycles. The van der Waals surface area contributed by atoms with E-state index in [2.05, 4.69) is 32.2 Å². The molecule has 2 saturated heterocycles. The zero-order valence-corrected chi connectivity index (χ0v) is 22.8. The van der Waals surface area contributed by atoms with Crippen LogP contribution < -0.4 is 5.32 Å². The monoisotopic (exact) mass is 509 g/mol. The predicted molar refractivity (Wildman–Crippen MR) is 133 cm³/mol. The molecule has 2 aliphatic heterocycles. The average molecular weight is 510 g/mol. The summed E-state index contributed by atoms with van der Waals surface area (Å²) in [6, 6.07) is 0. The number of methoxy groups -OCH3 is 1. The van der Waals surface area contributed by atoms with Gasteiger partial charge in [-0.15, -0.1) is 0 Å². The number of alkyl carbamates (subject to hydrolysis) is 1. The highest BCUT2D eigenvalue weighted by Gasteiger charge is 2.72. The molecule has 204 valence electrons. The number of nitrogens with zero attached hydrogens (tertiary/aromatic N) is 2. The van der Waals surface area contributed by atoms with Crippen LogP contribution in [0.1, 0.15) is 53.4 Å². The Bertz CT molecular complexity index is 854. The third kappa shape index (κ3) is 6.65. The zero-order chi connectivity index (χ0) is 26.7. The van der Waals surface area contributed by atoms with Crippen LogP contribution in [0.3, 0.4) is 0 Å². The van der Waals surface area contributed by atoms with Crippen molar-refractivity contribution in [2.24, 2.45) is 5.92 Å². The van der Waals surface area contributed by atoms with Crippen molar-refractivity contribution in [3.8, 4) is 0 Å². The number of likely N-dealkylation sites (N-methyl/N-ethyl adjacent to an activating group) is 2. The van der Waals surface area contributed by atoms with Crippen LogP contribution in [0.15, 0.2) is 11.6 Å². The maximum Gasteiger partial charge on any atom is 0.414 e. The van der Waals surface area contributed by atoms with E-state index in [1.54, 1.807) is 31.0 Å². The van der Waals surface area contributed by atoms with Gasteiger partial charge in [-0.2, -0.15) is 0 Å². The molecule has 1 saturated carbocycles. The lowest BCUT2D eigenvalue weighted by Gasteiger charge is -2.42. The molecule has 3 rings (SSSR count). The van der Waals surface area contributed by atoms with E-state index in [0.717, 1.165) is 12.8 Å². The fraction of sp³-hybridized carbons (Fsp3) is 0.808. The van der Waals surface area contributed by atoms with Crippen LogP contribution in [0, 0.1) is 5.92 Å². The van der Waals surface area contributed by atoms with E-state index in [0.29, 0.717) is 32.5 Å². The molecule has 0 bridgehead atoms. The lowest BCUT2D eigenvalue weighted by Crippen LogP contribution is -2.56. The minimum atomic E-state index is -0.784. The van der Waals surface area contributed by atoms with Crippen LogP contribution in [0.25, 0.3) is 0 Å². The number of ether oxygens (including phenoxy) is 4. The van der Waals surface area contributed by atoms with Crippen molar-refractivity contribution >= 4 is 17.9 Å². The van der Waals surface area contributed by atoms with Gasteiger partial charge in [-0.3, -0.25) is 19.8 Å². The van der Waals surface area contributed by atoms with Crippen LogP contribution in [0.5, 0.6) is 0 Å². The first-order valence-corrected chi connectivity index (χ1v) is 12.9. The Morgan fingerprint density at radius 1 is 1.19 bits per heavy atom. The van der Waals surface area contributed by atoms with Gasteiger partial charge in [0.25, 0.3) is 0 Å². The third-order valence-corrected chi connectivity index (χ3v) is 7.70. The summed E-state index contributed by atoms with van der Waals surface area (Å²) in [5, 5.41) is 2.32. The molecule has 0 aromatic carbocycles. The van der Waals surface area contributed by atoms with Crippen LogP contribution in [0.2, 0.25) is 0 Å². The van der Waals surface area contributed by atoms with Gasteiger partial charge in [-0.1, -0.05) is 18.6 Å². The minimum Gasteiger partial charge on any atom is -0.443 e. The Kier molecular flexibility index (Phi) is 9.19. The molecule has 3 aliphatic rings. The van der Waals surface area contributed by atoms with Crippen molar-refractivity contribution in [3.05, 3.63) is 11.6 Å². The van der Waals surface area contributed by atoms with E-state index in [1.165, 1.54) is 5.57 Å². The van der Waals surface area contributed by atoms with Gasteiger partial charge >= 0.3 is 6.09 Å². The molecule has 3 fully saturated rings. The van der Waals surface area contributed by atoms with E-state index in [1.807, 2.05) is 6.92 Å². The second kappa shape index (κ2) is 11.6. The Hall–Kier alpha value is -2.01. The van der Waals surface area contributed by atoms with Gasteiger partial charge in [0.1, 0.15) is 23.4 Å². The fourth-order valence-corrected chi connectivity index (χ4v) is 5.43. The molecule has 0 radical (unpaired) electrons. The maximum atomic E-state index is 12.6. The predicted octanol–water partition coefficient (Wildman–Crippen LogP) is 2.12. The standard InChI is InChI=1S/C26H43N3O7/c1-8-21(31)29(6)14-13-28(5)15-20(30)27-24(32)35-18-11-12-26(16-34-26)23(22(18)33-7)25(4)19(36-25)10-9-17(2)3/h9,18-19,22-23H,8,10-16H2,1-7H3,(H,27,30,32)/t18?,19-,22?,23?,25?,26+/m1/s1. The summed E-state index contributed by atoms with van der Waals surface area (Å²) in [6.07, 6.45) is 3.11. The van der Waals surface area contributed by atoms with Gasteiger partial charge in [0, 0.05) is 33.7 Å². The number of imide groups is 1. The van der Waals surface area contributed by atoms with Crippen LogP contribution >= 0.6 is 0 Å². The lowest BCUT2D eigenvalue weighted by molar-refractivity contribution is -0.129. The second-order valence-corrected chi connectivity index (χ2v) is 10.8. The van der Waals surface area contributed by atoms with Gasteiger partial charge in [-0.05, 0) is 47.1 Å². The Balaban J connectivity index is 1.53. The normalized spacial score (nSPS) is 32.7. The number of allylic oxidation sites excluding steroid dienone is 1. The highest BCUT2D eigenvalue weighted by molar-refractivity contribution is 5.92. The molecule has 4 unspecified atom stereocenters. The summed E-state index contributed by atoms with van der Waals surface area (Å²) in [7, 11) is 5.11. The summed E-state index contributed by atoms with van der Waals surface area (Å²) in [5.41, 5.74) is 0.509. The van der Waals surface area contributed by atoms with Crippen molar-refractivity contribution in [1.29, 1.82) is 0 Å². The number of carbonyl (C=O) groups excluding carboxylic acids is 3. The van der Waals surface area contributed by atoms with Gasteiger partial charge < -0.3 is 23.8 Å². The summed E-state index contributed by atoms with van der Waals surface area (Å²) in [5.74, 6) is -0.502. The van der Waals surface area contributed by atoms with E-state index in [4.69, 9.17) is 18.9 Å². The number of nitrogens with one attached hydrogen (secondary N) is 1. The van der Waals surface area contributed by atoms with Crippen LogP contribution in [0.4, 0.5) is 4.79 Å². The highest BCUT2D eigenvalue weighted by Crippen LogP contribution is 2.59. The molecule has 0 aromatic heterocycles. The van der Waals surface area contributed by atoms with Crippen molar-refractivity contribution in [3.63, 3.8) is 0 Å². The topological polar surface area (TPSA) is 113 Å². The Morgan fingerprint density at radius 2 is 1.89 bits per heavy atom. The smallest absolute Gasteiger partial charge is 0.414 e. The molecule has 1 N–H and O–H groups in total. The lowest BCUT2D eigenvalue weighted by atomic mass is 9.68. The van der Waals surface area contributed by atoms with Gasteiger partial charge in [0.05, 0.1) is 25.2 Å². The number of rotatable bonds is 11. The number of epoxide rings is 2. The van der Waals surface area contributed by atoms with E-state index in [-0.39, 0.29) is 30.1 Å². The molecule has 10 heteroatoms. The van der Waals surface area contributed by atoms with Crippen molar-refractivity contribution < 1.29 is 33.3 Å². The average Bonchev–Trinajstić information content (AvgIpc) is 3.73. The molecule has 6 atom stereocenters. The van der Waals surface area contributed by atoms with Crippen LogP contribution in [-0.2, 0) is 28.5 Å². The minimum absolute atomic E-state index is 0.0131. The number of carbonyl (C=O) groups is 3.